The van der Waals surface area contributed by atoms with E-state index in [0.717, 1.165) is 16.9 Å². The van der Waals surface area contributed by atoms with Crippen LogP contribution in [0.2, 0.25) is 0 Å². The summed E-state index contributed by atoms with van der Waals surface area (Å²) in [5.41, 5.74) is 3.56. The zero-order valence-electron chi connectivity index (χ0n) is 17.0. The highest BCUT2D eigenvalue weighted by Crippen LogP contribution is 2.23. The maximum atomic E-state index is 10.2. The average Bonchev–Trinajstić information content (AvgIpc) is 3.00. The molecule has 1 aliphatic heterocycles. The molecule has 0 radical (unpaired) electrons. The first-order valence-corrected chi connectivity index (χ1v) is 9.65. The third-order valence-electron chi connectivity index (χ3n) is 4.79. The molecule has 1 heterocycles. The topological polar surface area (TPSA) is 38.7 Å². The zero-order valence-corrected chi connectivity index (χ0v) is 17.0. The van der Waals surface area contributed by atoms with Crippen molar-refractivity contribution in [3.63, 3.8) is 0 Å². The lowest BCUT2D eigenvalue weighted by Gasteiger charge is -2.19. The number of allylic oxidation sites excluding steroid dienone is 1. The molecule has 146 valence electrons. The van der Waals surface area contributed by atoms with Gasteiger partial charge in [0, 0.05) is 5.56 Å². The molecule has 3 rings (SSSR count). The van der Waals surface area contributed by atoms with E-state index in [2.05, 4.69) is 44.7 Å². The first-order valence-electron chi connectivity index (χ1n) is 9.65. The van der Waals surface area contributed by atoms with Crippen molar-refractivity contribution in [2.75, 3.05) is 6.61 Å². The van der Waals surface area contributed by atoms with E-state index in [9.17, 15) is 5.11 Å². The van der Waals surface area contributed by atoms with Crippen LogP contribution in [-0.2, 0) is 10.2 Å². The Labute approximate surface area is 168 Å². The molecule has 0 aromatic heterocycles. The number of aliphatic hydroxyl groups is 1. The maximum absolute atomic E-state index is 10.2. The van der Waals surface area contributed by atoms with Crippen molar-refractivity contribution in [3.8, 4) is 17.6 Å². The minimum absolute atomic E-state index is 0.138. The second-order valence-electron chi connectivity index (χ2n) is 8.22. The summed E-state index contributed by atoms with van der Waals surface area (Å²) in [5, 5.41) is 10.2. The molecule has 0 aliphatic carbocycles. The number of aliphatic hydroxyl groups excluding tert-OH is 1. The maximum Gasteiger partial charge on any atom is 0.156 e. The van der Waals surface area contributed by atoms with Crippen molar-refractivity contribution in [2.45, 2.75) is 51.4 Å². The van der Waals surface area contributed by atoms with Crippen LogP contribution in [0.5, 0.6) is 5.75 Å². The molecular formula is C25H28O3. The summed E-state index contributed by atoms with van der Waals surface area (Å²) in [5.74, 6) is 6.90. The fraction of sp³-hybridized carbons (Fsp3) is 0.360. The third-order valence-corrected chi connectivity index (χ3v) is 4.79. The Bertz CT molecular complexity index is 861. The fourth-order valence-corrected chi connectivity index (χ4v) is 3.02. The lowest BCUT2D eigenvalue weighted by molar-refractivity contribution is 0.0610. The van der Waals surface area contributed by atoms with Crippen LogP contribution >= 0.6 is 0 Å². The number of rotatable bonds is 3. The normalized spacial score (nSPS) is 22.1. The summed E-state index contributed by atoms with van der Waals surface area (Å²) in [6, 6.07) is 16.1. The first kappa shape index (κ1) is 20.2. The van der Waals surface area contributed by atoms with Crippen LogP contribution < -0.4 is 4.74 Å². The summed E-state index contributed by atoms with van der Waals surface area (Å²) >= 11 is 0. The number of aryl methyl sites for hydroxylation is 1. The second kappa shape index (κ2) is 8.65. The van der Waals surface area contributed by atoms with E-state index in [4.69, 9.17) is 9.47 Å². The van der Waals surface area contributed by atoms with E-state index in [0.29, 0.717) is 0 Å². The lowest BCUT2D eigenvalue weighted by atomic mass is 9.87. The Balaban J connectivity index is 1.63. The van der Waals surface area contributed by atoms with Crippen molar-refractivity contribution in [3.05, 3.63) is 77.4 Å². The van der Waals surface area contributed by atoms with Gasteiger partial charge in [0.1, 0.15) is 18.0 Å². The number of hydrogen-bond donors (Lipinski definition) is 1. The Morgan fingerprint density at radius 3 is 2.39 bits per heavy atom. The second-order valence-corrected chi connectivity index (χ2v) is 8.22. The minimum atomic E-state index is -0.658. The third kappa shape index (κ3) is 5.25. The van der Waals surface area contributed by atoms with Crippen molar-refractivity contribution in [1.82, 2.24) is 0 Å². The lowest BCUT2D eigenvalue weighted by Crippen LogP contribution is -2.34. The molecule has 0 saturated carbocycles. The molecule has 3 atom stereocenters. The van der Waals surface area contributed by atoms with Crippen LogP contribution in [0.25, 0.3) is 0 Å². The van der Waals surface area contributed by atoms with Gasteiger partial charge in [-0.3, -0.25) is 0 Å². The summed E-state index contributed by atoms with van der Waals surface area (Å²) in [6.07, 6.45) is 2.20. The predicted octanol–water partition coefficient (Wildman–Crippen LogP) is 4.41. The summed E-state index contributed by atoms with van der Waals surface area (Å²) in [7, 11) is 0. The average molecular weight is 376 g/mol. The van der Waals surface area contributed by atoms with Crippen molar-refractivity contribution in [1.29, 1.82) is 0 Å². The van der Waals surface area contributed by atoms with Gasteiger partial charge in [-0.25, -0.2) is 0 Å². The van der Waals surface area contributed by atoms with Crippen LogP contribution in [0, 0.1) is 18.8 Å². The molecule has 0 spiro atoms. The van der Waals surface area contributed by atoms with E-state index >= 15 is 0 Å². The van der Waals surface area contributed by atoms with E-state index in [-0.39, 0.29) is 18.1 Å². The zero-order chi connectivity index (χ0) is 20.1. The number of ether oxygens (including phenoxy) is 2. The van der Waals surface area contributed by atoms with Gasteiger partial charge in [0.05, 0.1) is 6.61 Å². The van der Waals surface area contributed by atoms with Gasteiger partial charge < -0.3 is 14.6 Å². The Kier molecular flexibility index (Phi) is 6.24. The van der Waals surface area contributed by atoms with E-state index < -0.39 is 12.2 Å². The van der Waals surface area contributed by atoms with Crippen LogP contribution in [0.15, 0.2) is 60.7 Å². The van der Waals surface area contributed by atoms with Crippen LogP contribution in [-0.4, -0.2) is 30.0 Å². The molecular weight excluding hydrogens is 348 g/mol. The van der Waals surface area contributed by atoms with E-state index in [1.165, 1.54) is 5.56 Å². The van der Waals surface area contributed by atoms with Gasteiger partial charge in [0.15, 0.2) is 6.10 Å². The molecule has 1 saturated heterocycles. The molecule has 28 heavy (non-hydrogen) atoms. The SMILES string of the molecule is Cc1ccc(O[C@@H]2[C@H](O)CO[C@H]2C=CC#Cc2ccc(C(C)(C)C)cc2)cc1. The molecule has 0 bridgehead atoms. The van der Waals surface area contributed by atoms with Crippen molar-refractivity contribution < 1.29 is 14.6 Å². The largest absolute Gasteiger partial charge is 0.485 e. The van der Waals surface area contributed by atoms with Gasteiger partial charge in [-0.15, -0.1) is 0 Å². The Morgan fingerprint density at radius 2 is 1.75 bits per heavy atom. The van der Waals surface area contributed by atoms with Crippen molar-refractivity contribution in [2.24, 2.45) is 0 Å². The molecule has 0 unspecified atom stereocenters. The molecule has 2 aromatic rings. The molecule has 3 nitrogen and oxygen atoms in total. The van der Waals surface area contributed by atoms with Gasteiger partial charge in [-0.2, -0.15) is 0 Å². The number of hydrogen-bond acceptors (Lipinski definition) is 3. The highest BCUT2D eigenvalue weighted by molar-refractivity contribution is 5.40. The summed E-state index contributed by atoms with van der Waals surface area (Å²) in [6.45, 7) is 8.87. The smallest absolute Gasteiger partial charge is 0.156 e. The molecule has 1 aliphatic rings. The Morgan fingerprint density at radius 1 is 1.07 bits per heavy atom. The minimum Gasteiger partial charge on any atom is -0.485 e. The van der Waals surface area contributed by atoms with E-state index in [1.807, 2.05) is 49.4 Å². The van der Waals surface area contributed by atoms with E-state index in [1.54, 1.807) is 6.08 Å². The van der Waals surface area contributed by atoms with Gasteiger partial charge in [0.2, 0.25) is 0 Å². The van der Waals surface area contributed by atoms with Gasteiger partial charge >= 0.3 is 0 Å². The highest BCUT2D eigenvalue weighted by atomic mass is 16.6. The fourth-order valence-electron chi connectivity index (χ4n) is 3.02. The van der Waals surface area contributed by atoms with Gasteiger partial charge in [-0.1, -0.05) is 62.4 Å². The molecule has 1 fully saturated rings. The highest BCUT2D eigenvalue weighted by Gasteiger charge is 2.36. The van der Waals surface area contributed by atoms with Gasteiger partial charge in [-0.05, 0) is 54.3 Å². The molecule has 1 N–H and O–H groups in total. The molecule has 0 amide bonds. The summed E-state index contributed by atoms with van der Waals surface area (Å²) in [4.78, 5) is 0. The van der Waals surface area contributed by atoms with Crippen LogP contribution in [0.1, 0.15) is 37.5 Å². The van der Waals surface area contributed by atoms with Crippen molar-refractivity contribution >= 4 is 0 Å². The quantitative estimate of drug-likeness (QED) is 0.807. The molecule has 2 aromatic carbocycles. The van der Waals surface area contributed by atoms with Crippen LogP contribution in [0.4, 0.5) is 0 Å². The Hall–Kier alpha value is -2.54. The summed E-state index contributed by atoms with van der Waals surface area (Å²) < 4.78 is 11.6. The first-order chi connectivity index (χ1) is 13.3. The number of benzene rings is 2. The predicted molar refractivity (Wildman–Crippen MR) is 113 cm³/mol. The molecule has 3 heteroatoms. The standard InChI is InChI=1S/C25H28O3/c1-18-9-15-21(16-10-18)28-24-22(26)17-27-23(24)8-6-5-7-19-11-13-20(14-12-19)25(2,3)4/h6,8-16,22-24,26H,17H2,1-4H3/t22-,23+,24-/m1/s1. The monoisotopic (exact) mass is 376 g/mol. The van der Waals surface area contributed by atoms with Gasteiger partial charge in [0.25, 0.3) is 0 Å². The van der Waals surface area contributed by atoms with Crippen LogP contribution in [0.3, 0.4) is 0 Å².